The van der Waals surface area contributed by atoms with Gasteiger partial charge in [-0.1, -0.05) is 53.5 Å². The van der Waals surface area contributed by atoms with Crippen LogP contribution >= 0.6 is 23.2 Å². The molecule has 32 heavy (non-hydrogen) atoms. The standard InChI is InChI=1S/C23H18Cl2N2O4S/c24-16-11-12-18(20(25)15-16)23(28)31-14-6-13-27(17-7-2-1-3-8-17)22-19-9-4-5-10-21(19)32(29,30)26-22/h1-5,7-12,15H,6,13-14H2. The van der Waals surface area contributed by atoms with Crippen LogP contribution in [0.15, 0.2) is 82.1 Å². The average Bonchev–Trinajstić information content (AvgIpc) is 3.05. The molecule has 0 spiro atoms. The first-order valence-corrected chi connectivity index (χ1v) is 12.0. The van der Waals surface area contributed by atoms with Crippen LogP contribution in [0.5, 0.6) is 0 Å². The van der Waals surface area contributed by atoms with Crippen molar-refractivity contribution in [3.05, 3.63) is 94.0 Å². The summed E-state index contributed by atoms with van der Waals surface area (Å²) in [5.74, 6) is -0.206. The molecule has 164 valence electrons. The molecule has 0 fully saturated rings. The number of sulfonamides is 1. The summed E-state index contributed by atoms with van der Waals surface area (Å²) >= 11 is 11.9. The number of halogens is 2. The van der Waals surface area contributed by atoms with Gasteiger partial charge in [-0.15, -0.1) is 4.40 Å². The zero-order chi connectivity index (χ0) is 22.7. The summed E-state index contributed by atoms with van der Waals surface area (Å²) in [6.07, 6.45) is 0.438. The lowest BCUT2D eigenvalue weighted by Crippen LogP contribution is -2.32. The fraction of sp³-hybridized carbons (Fsp3) is 0.130. The Kier molecular flexibility index (Phi) is 6.50. The number of carbonyl (C=O) groups is 1. The van der Waals surface area contributed by atoms with E-state index in [1.165, 1.54) is 12.1 Å². The Balaban J connectivity index is 1.51. The molecular formula is C23H18Cl2N2O4S. The Labute approximate surface area is 196 Å². The summed E-state index contributed by atoms with van der Waals surface area (Å²) in [5, 5.41) is 0.646. The van der Waals surface area contributed by atoms with E-state index in [0.29, 0.717) is 29.4 Å². The number of hydrogen-bond donors (Lipinski definition) is 0. The van der Waals surface area contributed by atoms with Gasteiger partial charge in [0, 0.05) is 22.8 Å². The first kappa shape index (κ1) is 22.3. The number of nitrogens with zero attached hydrogens (tertiary/aromatic N) is 2. The van der Waals surface area contributed by atoms with Gasteiger partial charge < -0.3 is 9.64 Å². The molecule has 1 aliphatic heterocycles. The molecule has 1 heterocycles. The van der Waals surface area contributed by atoms with Crippen molar-refractivity contribution in [2.75, 3.05) is 18.1 Å². The van der Waals surface area contributed by atoms with Gasteiger partial charge in [0.2, 0.25) is 0 Å². The van der Waals surface area contributed by atoms with Crippen molar-refractivity contribution >= 4 is 50.7 Å². The van der Waals surface area contributed by atoms with Gasteiger partial charge in [0.05, 0.1) is 17.2 Å². The zero-order valence-corrected chi connectivity index (χ0v) is 19.1. The van der Waals surface area contributed by atoms with Crippen molar-refractivity contribution in [1.29, 1.82) is 0 Å². The molecule has 0 saturated heterocycles. The number of para-hydroxylation sites is 1. The first-order valence-electron chi connectivity index (χ1n) is 9.76. The number of amidine groups is 1. The van der Waals surface area contributed by atoms with Crippen LogP contribution in [0.4, 0.5) is 5.69 Å². The number of carbonyl (C=O) groups excluding carboxylic acids is 1. The number of hydrogen-bond acceptors (Lipinski definition) is 5. The normalized spacial score (nSPS) is 13.9. The van der Waals surface area contributed by atoms with E-state index < -0.39 is 16.0 Å². The van der Waals surface area contributed by atoms with Gasteiger partial charge in [0.25, 0.3) is 10.0 Å². The highest BCUT2D eigenvalue weighted by Gasteiger charge is 2.32. The molecule has 0 radical (unpaired) electrons. The van der Waals surface area contributed by atoms with Gasteiger partial charge in [-0.25, -0.2) is 4.79 Å². The molecule has 0 bridgehead atoms. The van der Waals surface area contributed by atoms with Gasteiger partial charge in [-0.05, 0) is 48.9 Å². The maximum atomic E-state index is 12.5. The largest absolute Gasteiger partial charge is 0.462 e. The van der Waals surface area contributed by atoms with E-state index in [-0.39, 0.29) is 22.1 Å². The lowest BCUT2D eigenvalue weighted by molar-refractivity contribution is 0.0503. The van der Waals surface area contributed by atoms with Crippen LogP contribution in [-0.4, -0.2) is 33.4 Å². The van der Waals surface area contributed by atoms with E-state index in [1.807, 2.05) is 35.2 Å². The zero-order valence-electron chi connectivity index (χ0n) is 16.7. The van der Waals surface area contributed by atoms with Crippen molar-refractivity contribution < 1.29 is 17.9 Å². The van der Waals surface area contributed by atoms with Crippen molar-refractivity contribution in [3.63, 3.8) is 0 Å². The second kappa shape index (κ2) is 9.32. The van der Waals surface area contributed by atoms with E-state index in [1.54, 1.807) is 30.3 Å². The molecule has 0 saturated carbocycles. The van der Waals surface area contributed by atoms with Crippen LogP contribution in [-0.2, 0) is 14.8 Å². The predicted octanol–water partition coefficient (Wildman–Crippen LogP) is 5.20. The molecule has 0 amide bonds. The number of fused-ring (bicyclic) bond motifs is 1. The van der Waals surface area contributed by atoms with Crippen LogP contribution in [0.1, 0.15) is 22.3 Å². The van der Waals surface area contributed by atoms with E-state index in [4.69, 9.17) is 27.9 Å². The Bertz CT molecular complexity index is 1290. The molecule has 0 N–H and O–H groups in total. The van der Waals surface area contributed by atoms with Crippen molar-refractivity contribution in [2.45, 2.75) is 11.3 Å². The molecule has 0 aliphatic carbocycles. The first-order chi connectivity index (χ1) is 15.4. The Morgan fingerprint density at radius 1 is 0.969 bits per heavy atom. The molecule has 0 aromatic heterocycles. The molecule has 9 heteroatoms. The maximum Gasteiger partial charge on any atom is 0.339 e. The van der Waals surface area contributed by atoms with Gasteiger partial charge in [-0.3, -0.25) is 0 Å². The number of anilines is 1. The van der Waals surface area contributed by atoms with Gasteiger partial charge in [0.1, 0.15) is 4.90 Å². The highest BCUT2D eigenvalue weighted by molar-refractivity contribution is 7.90. The molecule has 4 rings (SSSR count). The van der Waals surface area contributed by atoms with Crippen LogP contribution in [0.25, 0.3) is 0 Å². The quantitative estimate of drug-likeness (QED) is 0.352. The Morgan fingerprint density at radius 2 is 1.69 bits per heavy atom. The van der Waals surface area contributed by atoms with Crippen LogP contribution < -0.4 is 4.90 Å². The Hall–Kier alpha value is -2.87. The SMILES string of the molecule is O=C(OCCCN(C1=NS(=O)(=O)c2ccccc21)c1ccccc1)c1ccc(Cl)cc1Cl. The summed E-state index contributed by atoms with van der Waals surface area (Å²) in [6, 6.07) is 20.6. The number of rotatable bonds is 6. The lowest BCUT2D eigenvalue weighted by Gasteiger charge is -2.24. The van der Waals surface area contributed by atoms with E-state index in [9.17, 15) is 13.2 Å². The van der Waals surface area contributed by atoms with Crippen LogP contribution in [0, 0.1) is 0 Å². The number of benzene rings is 3. The van der Waals surface area contributed by atoms with Crippen LogP contribution in [0.3, 0.4) is 0 Å². The maximum absolute atomic E-state index is 12.5. The average molecular weight is 489 g/mol. The molecule has 0 unspecified atom stereocenters. The number of esters is 1. The highest BCUT2D eigenvalue weighted by atomic mass is 35.5. The molecule has 0 atom stereocenters. The second-order valence-corrected chi connectivity index (χ2v) is 9.40. The lowest BCUT2D eigenvalue weighted by atomic mass is 10.1. The van der Waals surface area contributed by atoms with Crippen molar-refractivity contribution in [3.8, 4) is 0 Å². The van der Waals surface area contributed by atoms with Crippen LogP contribution in [0.2, 0.25) is 10.0 Å². The third-order valence-electron chi connectivity index (χ3n) is 4.85. The minimum absolute atomic E-state index is 0.114. The minimum atomic E-state index is -3.76. The van der Waals surface area contributed by atoms with E-state index in [2.05, 4.69) is 4.40 Å². The summed E-state index contributed by atoms with van der Waals surface area (Å²) in [7, 11) is -3.76. The van der Waals surface area contributed by atoms with E-state index in [0.717, 1.165) is 5.69 Å². The topological polar surface area (TPSA) is 76.0 Å². The molecule has 6 nitrogen and oxygen atoms in total. The summed E-state index contributed by atoms with van der Waals surface area (Å²) in [4.78, 5) is 14.3. The van der Waals surface area contributed by atoms with Crippen molar-refractivity contribution in [2.24, 2.45) is 4.40 Å². The van der Waals surface area contributed by atoms with E-state index >= 15 is 0 Å². The smallest absolute Gasteiger partial charge is 0.339 e. The molecular weight excluding hydrogens is 471 g/mol. The third-order valence-corrected chi connectivity index (χ3v) is 6.72. The minimum Gasteiger partial charge on any atom is -0.462 e. The second-order valence-electron chi connectivity index (χ2n) is 6.99. The van der Waals surface area contributed by atoms with Gasteiger partial charge in [-0.2, -0.15) is 8.42 Å². The Morgan fingerprint density at radius 3 is 2.44 bits per heavy atom. The third kappa shape index (κ3) is 4.65. The predicted molar refractivity (Wildman–Crippen MR) is 125 cm³/mol. The number of ether oxygens (including phenoxy) is 1. The summed E-state index contributed by atoms with van der Waals surface area (Å²) in [5.41, 5.74) is 1.56. The van der Waals surface area contributed by atoms with Gasteiger partial charge >= 0.3 is 5.97 Å². The van der Waals surface area contributed by atoms with Gasteiger partial charge in [0.15, 0.2) is 5.84 Å². The monoisotopic (exact) mass is 488 g/mol. The highest BCUT2D eigenvalue weighted by Crippen LogP contribution is 2.30. The molecule has 1 aliphatic rings. The molecule has 3 aromatic rings. The fourth-order valence-electron chi connectivity index (χ4n) is 3.37. The molecule has 3 aromatic carbocycles. The summed E-state index contributed by atoms with van der Waals surface area (Å²) < 4.78 is 34.4. The van der Waals surface area contributed by atoms with Crippen molar-refractivity contribution in [1.82, 2.24) is 0 Å². The fourth-order valence-corrected chi connectivity index (χ4v) is 5.07. The summed E-state index contributed by atoms with van der Waals surface area (Å²) in [6.45, 7) is 0.497.